The third-order valence-electron chi connectivity index (χ3n) is 3.80. The molecule has 1 aliphatic heterocycles. The molecule has 0 aliphatic carbocycles. The average Bonchev–Trinajstić information content (AvgIpc) is 3.16. The number of ether oxygens (including phenoxy) is 1. The predicted octanol–water partition coefficient (Wildman–Crippen LogP) is 2.12. The van der Waals surface area contributed by atoms with Gasteiger partial charge in [-0.1, -0.05) is 0 Å². The highest BCUT2D eigenvalue weighted by atomic mass is 19.1. The molecule has 1 atom stereocenters. The van der Waals surface area contributed by atoms with Crippen LogP contribution in [0.4, 0.5) is 4.39 Å². The second-order valence-corrected chi connectivity index (χ2v) is 5.34. The van der Waals surface area contributed by atoms with E-state index in [1.807, 2.05) is 17.7 Å². The fourth-order valence-electron chi connectivity index (χ4n) is 2.64. The third-order valence-corrected chi connectivity index (χ3v) is 3.80. The van der Waals surface area contributed by atoms with Crippen LogP contribution in [0.1, 0.15) is 24.2 Å². The van der Waals surface area contributed by atoms with Gasteiger partial charge in [-0.25, -0.2) is 9.37 Å². The van der Waals surface area contributed by atoms with E-state index in [1.54, 1.807) is 12.3 Å². The Morgan fingerprint density at radius 3 is 3.09 bits per heavy atom. The van der Waals surface area contributed by atoms with Gasteiger partial charge in [-0.05, 0) is 43.5 Å². The number of halogens is 1. The number of nitrogens with zero attached hydrogens (tertiary/aromatic N) is 2. The first kappa shape index (κ1) is 14.7. The van der Waals surface area contributed by atoms with Crippen LogP contribution in [0.3, 0.4) is 0 Å². The lowest BCUT2D eigenvalue weighted by Gasteiger charge is -2.14. The highest BCUT2D eigenvalue weighted by Gasteiger charge is 2.23. The van der Waals surface area contributed by atoms with Crippen molar-refractivity contribution in [1.29, 1.82) is 0 Å². The molecule has 2 aromatic rings. The molecule has 3 rings (SSSR count). The van der Waals surface area contributed by atoms with Crippen molar-refractivity contribution in [3.63, 3.8) is 0 Å². The molecule has 5 nitrogen and oxygen atoms in total. The average molecular weight is 303 g/mol. The minimum absolute atomic E-state index is 0.143. The van der Waals surface area contributed by atoms with Gasteiger partial charge in [0.2, 0.25) is 5.91 Å². The van der Waals surface area contributed by atoms with Gasteiger partial charge in [0, 0.05) is 25.5 Å². The molecule has 1 N–H and O–H groups in total. The number of carbonyl (C=O) groups excluding carboxylic acids is 1. The second-order valence-electron chi connectivity index (χ2n) is 5.34. The summed E-state index contributed by atoms with van der Waals surface area (Å²) in [6.07, 6.45) is 4.76. The standard InChI is InChI=1S/C16H18FN3O2/c1-11-18-6-7-20(11)14-5-4-13(17)9-12(14)10-19-16(21)15-3-2-8-22-15/h4-7,9,15H,2-3,8,10H2,1H3,(H,19,21)/t15-/m0/s1. The van der Waals surface area contributed by atoms with Crippen molar-refractivity contribution < 1.29 is 13.9 Å². The van der Waals surface area contributed by atoms with Crippen molar-refractivity contribution in [2.45, 2.75) is 32.4 Å². The molecular weight excluding hydrogens is 285 g/mol. The van der Waals surface area contributed by atoms with E-state index in [0.29, 0.717) is 12.2 Å². The Bertz CT molecular complexity index is 678. The number of aryl methyl sites for hydroxylation is 1. The van der Waals surface area contributed by atoms with Gasteiger partial charge in [-0.3, -0.25) is 4.79 Å². The van der Waals surface area contributed by atoms with Crippen LogP contribution in [0.15, 0.2) is 30.6 Å². The van der Waals surface area contributed by atoms with Crippen molar-refractivity contribution in [3.05, 3.63) is 47.8 Å². The summed E-state index contributed by atoms with van der Waals surface area (Å²) in [6, 6.07) is 4.53. The summed E-state index contributed by atoms with van der Waals surface area (Å²) in [5, 5.41) is 2.83. The van der Waals surface area contributed by atoms with E-state index < -0.39 is 0 Å². The highest BCUT2D eigenvalue weighted by molar-refractivity contribution is 5.81. The maximum absolute atomic E-state index is 13.6. The summed E-state index contributed by atoms with van der Waals surface area (Å²) in [5.41, 5.74) is 1.51. The smallest absolute Gasteiger partial charge is 0.249 e. The second kappa shape index (κ2) is 6.27. The van der Waals surface area contributed by atoms with Gasteiger partial charge >= 0.3 is 0 Å². The van der Waals surface area contributed by atoms with Crippen LogP contribution >= 0.6 is 0 Å². The zero-order valence-electron chi connectivity index (χ0n) is 12.4. The molecule has 0 bridgehead atoms. The summed E-state index contributed by atoms with van der Waals surface area (Å²) in [4.78, 5) is 16.2. The zero-order valence-corrected chi connectivity index (χ0v) is 12.4. The number of aromatic nitrogens is 2. The first-order valence-corrected chi connectivity index (χ1v) is 7.33. The topological polar surface area (TPSA) is 56.2 Å². The summed E-state index contributed by atoms with van der Waals surface area (Å²) in [5.74, 6) is 0.330. The van der Waals surface area contributed by atoms with E-state index >= 15 is 0 Å². The van der Waals surface area contributed by atoms with Crippen molar-refractivity contribution in [2.24, 2.45) is 0 Å². The summed E-state index contributed by atoms with van der Waals surface area (Å²) < 4.78 is 20.8. The monoisotopic (exact) mass is 303 g/mol. The number of benzene rings is 1. The summed E-state index contributed by atoms with van der Waals surface area (Å²) in [7, 11) is 0. The molecule has 1 aromatic carbocycles. The van der Waals surface area contributed by atoms with E-state index in [9.17, 15) is 9.18 Å². The Kier molecular flexibility index (Phi) is 4.20. The van der Waals surface area contributed by atoms with Crippen LogP contribution in [-0.4, -0.2) is 28.2 Å². The minimum atomic E-state index is -0.382. The molecule has 1 saturated heterocycles. The van der Waals surface area contributed by atoms with Crippen LogP contribution in [0.25, 0.3) is 5.69 Å². The normalized spacial score (nSPS) is 17.6. The first-order valence-electron chi connectivity index (χ1n) is 7.33. The number of amides is 1. The molecule has 0 unspecified atom stereocenters. The Morgan fingerprint density at radius 2 is 2.41 bits per heavy atom. The quantitative estimate of drug-likeness (QED) is 0.941. The van der Waals surface area contributed by atoms with Crippen LogP contribution in [0.2, 0.25) is 0 Å². The van der Waals surface area contributed by atoms with Crippen molar-refractivity contribution in [1.82, 2.24) is 14.9 Å². The fraction of sp³-hybridized carbons (Fsp3) is 0.375. The van der Waals surface area contributed by atoms with Crippen LogP contribution in [0, 0.1) is 12.7 Å². The molecule has 1 aliphatic rings. The van der Waals surface area contributed by atoms with Crippen LogP contribution in [0.5, 0.6) is 0 Å². The van der Waals surface area contributed by atoms with Gasteiger partial charge in [0.15, 0.2) is 0 Å². The SMILES string of the molecule is Cc1nccn1-c1ccc(F)cc1CNC(=O)[C@@H]1CCCO1. The van der Waals surface area contributed by atoms with Crippen molar-refractivity contribution >= 4 is 5.91 Å². The molecule has 1 aromatic heterocycles. The Morgan fingerprint density at radius 1 is 1.55 bits per heavy atom. The molecule has 1 amide bonds. The number of nitrogens with one attached hydrogen (secondary N) is 1. The largest absolute Gasteiger partial charge is 0.368 e. The lowest BCUT2D eigenvalue weighted by Crippen LogP contribution is -2.33. The molecule has 2 heterocycles. The number of imidazole rings is 1. The molecule has 6 heteroatoms. The number of hydrogen-bond donors (Lipinski definition) is 1. The van der Waals surface area contributed by atoms with Gasteiger partial charge in [-0.15, -0.1) is 0 Å². The first-order chi connectivity index (χ1) is 10.6. The maximum atomic E-state index is 13.6. The van der Waals surface area contributed by atoms with Crippen LogP contribution < -0.4 is 5.32 Å². The Balaban J connectivity index is 1.79. The van der Waals surface area contributed by atoms with E-state index in [2.05, 4.69) is 10.3 Å². The number of rotatable bonds is 4. The van der Waals surface area contributed by atoms with E-state index in [-0.39, 0.29) is 24.4 Å². The molecule has 116 valence electrons. The lowest BCUT2D eigenvalue weighted by molar-refractivity contribution is -0.130. The van der Waals surface area contributed by atoms with Gasteiger partial charge in [-0.2, -0.15) is 0 Å². The van der Waals surface area contributed by atoms with E-state index in [0.717, 1.165) is 24.4 Å². The molecule has 0 saturated carbocycles. The maximum Gasteiger partial charge on any atom is 0.249 e. The molecular formula is C16H18FN3O2. The van der Waals surface area contributed by atoms with Crippen LogP contribution in [-0.2, 0) is 16.1 Å². The molecule has 0 radical (unpaired) electrons. The highest BCUT2D eigenvalue weighted by Crippen LogP contribution is 2.18. The van der Waals surface area contributed by atoms with Gasteiger partial charge in [0.05, 0.1) is 5.69 Å². The third kappa shape index (κ3) is 3.01. The Labute approximate surface area is 128 Å². The molecule has 22 heavy (non-hydrogen) atoms. The van der Waals surface area contributed by atoms with Gasteiger partial charge in [0.25, 0.3) is 0 Å². The van der Waals surface area contributed by atoms with Crippen molar-refractivity contribution in [2.75, 3.05) is 6.61 Å². The zero-order chi connectivity index (χ0) is 15.5. The Hall–Kier alpha value is -2.21. The number of hydrogen-bond acceptors (Lipinski definition) is 3. The van der Waals surface area contributed by atoms with Crippen molar-refractivity contribution in [3.8, 4) is 5.69 Å². The molecule has 0 spiro atoms. The number of carbonyl (C=O) groups is 1. The fourth-order valence-corrected chi connectivity index (χ4v) is 2.64. The lowest BCUT2D eigenvalue weighted by atomic mass is 10.1. The summed E-state index contributed by atoms with van der Waals surface area (Å²) >= 11 is 0. The molecule has 1 fully saturated rings. The van der Waals surface area contributed by atoms with E-state index in [4.69, 9.17) is 4.74 Å². The minimum Gasteiger partial charge on any atom is -0.368 e. The predicted molar refractivity (Wildman–Crippen MR) is 79.1 cm³/mol. The summed E-state index contributed by atoms with van der Waals surface area (Å²) in [6.45, 7) is 2.75. The van der Waals surface area contributed by atoms with E-state index in [1.165, 1.54) is 12.1 Å². The van der Waals surface area contributed by atoms with Gasteiger partial charge < -0.3 is 14.6 Å². The van der Waals surface area contributed by atoms with Gasteiger partial charge in [0.1, 0.15) is 17.7 Å².